The van der Waals surface area contributed by atoms with Crippen molar-refractivity contribution in [3.8, 4) is 0 Å². The molecule has 1 atom stereocenters. The first-order valence-corrected chi connectivity index (χ1v) is 2.64. The Morgan fingerprint density at radius 2 is 2.44 bits per heavy atom. The van der Waals surface area contributed by atoms with E-state index in [0.29, 0.717) is 0 Å². The molecule has 0 rings (SSSR count). The van der Waals surface area contributed by atoms with Gasteiger partial charge in [-0.15, -0.1) is 0 Å². The minimum atomic E-state index is -2.06. The molecule has 0 spiro atoms. The Kier molecular flexibility index (Phi) is 3.96. The smallest absolute Gasteiger partial charge is 0.305 e. The van der Waals surface area contributed by atoms with Gasteiger partial charge >= 0.3 is 5.97 Å². The van der Waals surface area contributed by atoms with Gasteiger partial charge in [-0.05, 0) is 0 Å². The first-order valence-electron chi connectivity index (χ1n) is 2.64. The van der Waals surface area contributed by atoms with Gasteiger partial charge in [-0.25, -0.2) is 4.39 Å². The number of aliphatic hydroxyl groups excluding tert-OH is 1. The van der Waals surface area contributed by atoms with Crippen LogP contribution in [-0.2, 0) is 9.53 Å². The molecule has 54 valence electrons. The normalized spacial score (nSPS) is 12.8. The number of alkyl halides is 1. The van der Waals surface area contributed by atoms with Crippen LogP contribution in [0.1, 0.15) is 13.3 Å². The average Bonchev–Trinajstić information content (AvgIpc) is 1.83. The number of aliphatic hydroxyl groups is 1. The molecule has 0 radical (unpaired) electrons. The molecule has 1 unspecified atom stereocenters. The molecule has 9 heavy (non-hydrogen) atoms. The highest BCUT2D eigenvalue weighted by Gasteiger charge is 2.02. The molecule has 0 aliphatic heterocycles. The van der Waals surface area contributed by atoms with E-state index in [9.17, 15) is 9.18 Å². The van der Waals surface area contributed by atoms with Gasteiger partial charge in [0.15, 0.2) is 0 Å². The SMILES string of the molecule is CCC(=O)OCC(O)F. The summed E-state index contributed by atoms with van der Waals surface area (Å²) < 4.78 is 15.7. The molecule has 0 amide bonds. The third-order valence-corrected chi connectivity index (χ3v) is 0.671. The number of ether oxygens (including phenoxy) is 1. The maximum absolute atomic E-state index is 11.5. The Morgan fingerprint density at radius 3 is 2.78 bits per heavy atom. The van der Waals surface area contributed by atoms with Crippen molar-refractivity contribution in [3.05, 3.63) is 0 Å². The van der Waals surface area contributed by atoms with Crippen LogP contribution in [0.25, 0.3) is 0 Å². The lowest BCUT2D eigenvalue weighted by molar-refractivity contribution is -0.150. The second kappa shape index (κ2) is 4.26. The molecular weight excluding hydrogens is 127 g/mol. The molecule has 3 nitrogen and oxygen atoms in total. The molecule has 0 saturated heterocycles. The Balaban J connectivity index is 3.17. The Hall–Kier alpha value is -0.640. The van der Waals surface area contributed by atoms with Crippen LogP contribution in [-0.4, -0.2) is 24.0 Å². The summed E-state index contributed by atoms with van der Waals surface area (Å²) in [6.45, 7) is 1.03. The zero-order chi connectivity index (χ0) is 7.28. The van der Waals surface area contributed by atoms with Crippen molar-refractivity contribution in [3.63, 3.8) is 0 Å². The Morgan fingerprint density at radius 1 is 1.89 bits per heavy atom. The van der Waals surface area contributed by atoms with Gasteiger partial charge in [0.05, 0.1) is 0 Å². The monoisotopic (exact) mass is 136 g/mol. The van der Waals surface area contributed by atoms with E-state index in [1.807, 2.05) is 0 Å². The quantitative estimate of drug-likeness (QED) is 0.565. The summed E-state index contributed by atoms with van der Waals surface area (Å²) in [4.78, 5) is 10.2. The third kappa shape index (κ3) is 5.23. The van der Waals surface area contributed by atoms with Crippen LogP contribution in [0.15, 0.2) is 0 Å². The molecular formula is C5H9FO3. The number of carbonyl (C=O) groups is 1. The van der Waals surface area contributed by atoms with E-state index in [1.54, 1.807) is 6.92 Å². The highest BCUT2D eigenvalue weighted by Crippen LogP contribution is 1.88. The van der Waals surface area contributed by atoms with Gasteiger partial charge in [0.2, 0.25) is 6.36 Å². The van der Waals surface area contributed by atoms with Crippen molar-refractivity contribution in [2.45, 2.75) is 19.7 Å². The number of halogens is 1. The molecule has 0 saturated carbocycles. The number of esters is 1. The Bertz CT molecular complexity index is 92.2. The first kappa shape index (κ1) is 8.36. The molecule has 0 fully saturated rings. The summed E-state index contributed by atoms with van der Waals surface area (Å²) in [6, 6.07) is 0. The minimum Gasteiger partial charge on any atom is -0.460 e. The zero-order valence-corrected chi connectivity index (χ0v) is 5.13. The van der Waals surface area contributed by atoms with Crippen molar-refractivity contribution in [2.75, 3.05) is 6.61 Å². The average molecular weight is 136 g/mol. The van der Waals surface area contributed by atoms with E-state index in [-0.39, 0.29) is 6.42 Å². The van der Waals surface area contributed by atoms with Gasteiger partial charge in [-0.1, -0.05) is 6.92 Å². The summed E-state index contributed by atoms with van der Waals surface area (Å²) in [6.07, 6.45) is -1.85. The van der Waals surface area contributed by atoms with Crippen molar-refractivity contribution in [1.29, 1.82) is 0 Å². The summed E-state index contributed by atoms with van der Waals surface area (Å²) in [5.74, 6) is -0.508. The molecule has 1 N–H and O–H groups in total. The summed E-state index contributed by atoms with van der Waals surface area (Å²) in [7, 11) is 0. The highest BCUT2D eigenvalue weighted by molar-refractivity contribution is 5.68. The van der Waals surface area contributed by atoms with Crippen LogP contribution >= 0.6 is 0 Å². The maximum atomic E-state index is 11.5. The lowest BCUT2D eigenvalue weighted by Crippen LogP contribution is -2.13. The zero-order valence-electron chi connectivity index (χ0n) is 5.13. The molecule has 0 aromatic carbocycles. The first-order chi connectivity index (χ1) is 4.16. The topological polar surface area (TPSA) is 46.5 Å². The van der Waals surface area contributed by atoms with Crippen LogP contribution in [0.3, 0.4) is 0 Å². The molecule has 0 heterocycles. The van der Waals surface area contributed by atoms with E-state index in [4.69, 9.17) is 5.11 Å². The third-order valence-electron chi connectivity index (χ3n) is 0.671. The second-order valence-electron chi connectivity index (χ2n) is 1.47. The number of carbonyl (C=O) groups excluding carboxylic acids is 1. The van der Waals surface area contributed by atoms with Crippen molar-refractivity contribution in [1.82, 2.24) is 0 Å². The van der Waals surface area contributed by atoms with Gasteiger partial charge in [-0.3, -0.25) is 4.79 Å². The summed E-state index contributed by atoms with van der Waals surface area (Å²) >= 11 is 0. The Labute approximate surface area is 52.4 Å². The van der Waals surface area contributed by atoms with E-state index < -0.39 is 18.9 Å². The van der Waals surface area contributed by atoms with Gasteiger partial charge in [-0.2, -0.15) is 0 Å². The summed E-state index contributed by atoms with van der Waals surface area (Å²) in [5.41, 5.74) is 0. The maximum Gasteiger partial charge on any atom is 0.305 e. The highest BCUT2D eigenvalue weighted by atomic mass is 19.1. The number of hydrogen-bond acceptors (Lipinski definition) is 3. The largest absolute Gasteiger partial charge is 0.460 e. The standard InChI is InChI=1S/C5H9FO3/c1-2-5(8)9-3-4(6)7/h4,7H,2-3H2,1H3. The molecule has 0 aromatic heterocycles. The van der Waals surface area contributed by atoms with Crippen LogP contribution in [0.4, 0.5) is 4.39 Å². The van der Waals surface area contributed by atoms with Crippen molar-refractivity contribution in [2.24, 2.45) is 0 Å². The van der Waals surface area contributed by atoms with E-state index >= 15 is 0 Å². The van der Waals surface area contributed by atoms with Crippen LogP contribution < -0.4 is 0 Å². The fourth-order valence-corrected chi connectivity index (χ4v) is 0.264. The molecule has 0 aliphatic carbocycles. The molecule has 0 bridgehead atoms. The van der Waals surface area contributed by atoms with E-state index in [1.165, 1.54) is 0 Å². The van der Waals surface area contributed by atoms with Gasteiger partial charge in [0.25, 0.3) is 0 Å². The van der Waals surface area contributed by atoms with Crippen LogP contribution in [0.5, 0.6) is 0 Å². The molecule has 0 aromatic rings. The number of hydrogen-bond donors (Lipinski definition) is 1. The fourth-order valence-electron chi connectivity index (χ4n) is 0.264. The summed E-state index contributed by atoms with van der Waals surface area (Å²) in [5, 5.41) is 7.95. The van der Waals surface area contributed by atoms with E-state index in [0.717, 1.165) is 0 Å². The molecule has 0 aliphatic rings. The fraction of sp³-hybridized carbons (Fsp3) is 0.800. The van der Waals surface area contributed by atoms with E-state index in [2.05, 4.69) is 4.74 Å². The lowest BCUT2D eigenvalue weighted by Gasteiger charge is -2.01. The minimum absolute atomic E-state index is 0.201. The predicted octanol–water partition coefficient (Wildman–Crippen LogP) is 0.228. The predicted molar refractivity (Wildman–Crippen MR) is 28.4 cm³/mol. The van der Waals surface area contributed by atoms with Crippen molar-refractivity contribution >= 4 is 5.97 Å². The van der Waals surface area contributed by atoms with Crippen LogP contribution in [0.2, 0.25) is 0 Å². The van der Waals surface area contributed by atoms with Gasteiger partial charge < -0.3 is 9.84 Å². The van der Waals surface area contributed by atoms with Gasteiger partial charge in [0, 0.05) is 6.42 Å². The van der Waals surface area contributed by atoms with Crippen LogP contribution in [0, 0.1) is 0 Å². The second-order valence-corrected chi connectivity index (χ2v) is 1.47. The molecule has 4 heteroatoms. The van der Waals surface area contributed by atoms with Gasteiger partial charge in [0.1, 0.15) is 6.61 Å². The lowest BCUT2D eigenvalue weighted by atomic mass is 10.5. The number of rotatable bonds is 3. The van der Waals surface area contributed by atoms with Crippen molar-refractivity contribution < 1.29 is 19.0 Å².